The smallest absolute Gasteiger partial charge is 0.0784 e. The molecule has 1 aromatic heterocycles. The third-order valence-corrected chi connectivity index (χ3v) is 16.1. The lowest BCUT2D eigenvalue weighted by atomic mass is 9.81. The maximum Gasteiger partial charge on any atom is 0.0784 e. The minimum Gasteiger partial charge on any atom is -0.248 e. The minimum atomic E-state index is -1.59. The Morgan fingerprint density at radius 2 is 0.873 bits per heavy atom. The predicted octanol–water partition coefficient (Wildman–Crippen LogP) is 13.5. The van der Waals surface area contributed by atoms with Gasteiger partial charge in [-0.3, -0.25) is 0 Å². The highest BCUT2D eigenvalue weighted by Crippen LogP contribution is 2.49. The molecule has 0 amide bonds. The summed E-state index contributed by atoms with van der Waals surface area (Å²) in [5, 5.41) is 8.29. The van der Waals surface area contributed by atoms with Gasteiger partial charge < -0.3 is 0 Å². The van der Waals surface area contributed by atoms with E-state index < -0.39 is 16.1 Å². The van der Waals surface area contributed by atoms with Gasteiger partial charge in [-0.05, 0) is 90.3 Å². The van der Waals surface area contributed by atoms with Crippen LogP contribution in [0.5, 0.6) is 0 Å². The van der Waals surface area contributed by atoms with Crippen molar-refractivity contribution in [3.63, 3.8) is 0 Å². The highest BCUT2D eigenvalue weighted by atomic mass is 28.3. The first-order chi connectivity index (χ1) is 26.3. The number of aromatic nitrogens is 1. The summed E-state index contributed by atoms with van der Waals surface area (Å²) in [5.41, 5.74) is 14.6. The van der Waals surface area contributed by atoms with E-state index in [0.29, 0.717) is 0 Å². The van der Waals surface area contributed by atoms with E-state index in [1.54, 1.807) is 0 Å². The number of rotatable bonds is 6. The van der Waals surface area contributed by atoms with Crippen LogP contribution in [0.25, 0.3) is 77.4 Å². The van der Waals surface area contributed by atoms with Crippen molar-refractivity contribution in [2.45, 2.75) is 58.5 Å². The molecule has 1 nitrogen and oxygen atoms in total. The molecule has 7 aromatic carbocycles. The van der Waals surface area contributed by atoms with Gasteiger partial charge in [0.05, 0.1) is 27.5 Å². The second kappa shape index (κ2) is 12.9. The molecule has 0 atom stereocenters. The van der Waals surface area contributed by atoms with E-state index >= 15 is 0 Å². The first-order valence-electron chi connectivity index (χ1n) is 19.7. The summed E-state index contributed by atoms with van der Waals surface area (Å²) in [7, 11) is -3.17. The van der Waals surface area contributed by atoms with Crippen molar-refractivity contribution in [2.24, 2.45) is 0 Å². The normalized spacial score (nSPS) is 13.6. The van der Waals surface area contributed by atoms with E-state index in [4.69, 9.17) is 4.98 Å². The second-order valence-corrected chi connectivity index (χ2v) is 28.1. The fourth-order valence-electron chi connectivity index (χ4n) is 9.10. The van der Waals surface area contributed by atoms with E-state index in [1.807, 2.05) is 0 Å². The highest BCUT2D eigenvalue weighted by Gasteiger charge is 2.35. The molecule has 0 radical (unpaired) electrons. The number of benzene rings is 7. The van der Waals surface area contributed by atoms with Crippen molar-refractivity contribution >= 4 is 48.1 Å². The Bertz CT molecular complexity index is 2700. The van der Waals surface area contributed by atoms with Crippen LogP contribution in [0.2, 0.25) is 39.3 Å². The molecule has 0 spiro atoms. The third kappa shape index (κ3) is 6.02. The van der Waals surface area contributed by atoms with E-state index in [1.165, 1.54) is 82.0 Å². The van der Waals surface area contributed by atoms with Crippen LogP contribution in [0.15, 0.2) is 152 Å². The molecule has 8 aromatic rings. The largest absolute Gasteiger partial charge is 0.248 e. The molecular formula is C52H49NSi2. The van der Waals surface area contributed by atoms with Crippen molar-refractivity contribution in [1.29, 1.82) is 0 Å². The molecule has 9 rings (SSSR count). The Balaban J connectivity index is 1.25. The lowest BCUT2D eigenvalue weighted by molar-refractivity contribution is 0.660. The van der Waals surface area contributed by atoms with Crippen LogP contribution in [0.1, 0.15) is 25.0 Å². The van der Waals surface area contributed by atoms with Gasteiger partial charge in [-0.15, -0.1) is 0 Å². The van der Waals surface area contributed by atoms with Crippen LogP contribution in [0.4, 0.5) is 0 Å². The molecule has 270 valence electrons. The fourth-order valence-corrected chi connectivity index (χ4v) is 12.3. The van der Waals surface area contributed by atoms with Crippen molar-refractivity contribution in [1.82, 2.24) is 4.98 Å². The molecular weight excluding hydrogens is 695 g/mol. The average Bonchev–Trinajstić information content (AvgIpc) is 3.41. The molecule has 0 aliphatic heterocycles. The monoisotopic (exact) mass is 743 g/mol. The zero-order chi connectivity index (χ0) is 38.3. The maximum absolute atomic E-state index is 5.54. The Labute approximate surface area is 328 Å². The standard InChI is InChI=1S/C52H49NSi2/c1-52(2)46-23-14-13-20-41(46)42-25-24-35(31-47(42)52)34-16-15-17-36(30-34)48-32-37(38-26-28-50(54(3,4)5)44-21-11-9-18-39(38)44)33-49(53-48)43-27-29-51(55(6,7)8)45-22-12-10-19-40(43)45/h9-33H,1-8H3. The molecule has 0 N–H and O–H groups in total. The van der Waals surface area contributed by atoms with Gasteiger partial charge in [-0.1, -0.05) is 191 Å². The fraction of sp³-hybridized carbons (Fsp3) is 0.173. The van der Waals surface area contributed by atoms with Crippen molar-refractivity contribution < 1.29 is 0 Å². The Morgan fingerprint density at radius 3 is 1.55 bits per heavy atom. The van der Waals surface area contributed by atoms with Gasteiger partial charge in [0.15, 0.2) is 0 Å². The van der Waals surface area contributed by atoms with Gasteiger partial charge in [0, 0.05) is 16.5 Å². The zero-order valence-corrected chi connectivity index (χ0v) is 35.4. The number of fused-ring (bicyclic) bond motifs is 5. The number of hydrogen-bond acceptors (Lipinski definition) is 1. The van der Waals surface area contributed by atoms with E-state index in [0.717, 1.165) is 17.0 Å². The third-order valence-electron chi connectivity index (χ3n) is 12.0. The SMILES string of the molecule is CC1(C)c2ccccc2-c2ccc(-c3cccc(-c4cc(-c5ccc([Si](C)(C)C)c6ccccc56)cc(-c5ccc([Si](C)(C)C)c6ccccc56)n4)c3)cc21. The van der Waals surface area contributed by atoms with Crippen LogP contribution in [-0.4, -0.2) is 21.1 Å². The summed E-state index contributed by atoms with van der Waals surface area (Å²) < 4.78 is 0. The van der Waals surface area contributed by atoms with Crippen LogP contribution in [0.3, 0.4) is 0 Å². The summed E-state index contributed by atoms with van der Waals surface area (Å²) >= 11 is 0. The van der Waals surface area contributed by atoms with Gasteiger partial charge >= 0.3 is 0 Å². The Morgan fingerprint density at radius 1 is 0.364 bits per heavy atom. The number of nitrogens with zero attached hydrogens (tertiary/aromatic N) is 1. The first-order valence-corrected chi connectivity index (χ1v) is 26.7. The quantitative estimate of drug-likeness (QED) is 0.155. The molecule has 1 heterocycles. The van der Waals surface area contributed by atoms with E-state index in [9.17, 15) is 0 Å². The van der Waals surface area contributed by atoms with Gasteiger partial charge in [-0.25, -0.2) is 4.98 Å². The maximum atomic E-state index is 5.54. The van der Waals surface area contributed by atoms with E-state index in [-0.39, 0.29) is 5.41 Å². The molecule has 3 heteroatoms. The molecule has 0 unspecified atom stereocenters. The summed E-state index contributed by atoms with van der Waals surface area (Å²) in [6, 6.07) is 57.0. The topological polar surface area (TPSA) is 12.9 Å². The van der Waals surface area contributed by atoms with Crippen molar-refractivity contribution in [3.8, 4) is 55.9 Å². The lowest BCUT2D eigenvalue weighted by Gasteiger charge is -2.22. The van der Waals surface area contributed by atoms with Crippen LogP contribution in [0, 0.1) is 0 Å². The zero-order valence-electron chi connectivity index (χ0n) is 33.4. The first kappa shape index (κ1) is 35.4. The van der Waals surface area contributed by atoms with Gasteiger partial charge in [0.1, 0.15) is 0 Å². The number of pyridine rings is 1. The van der Waals surface area contributed by atoms with Gasteiger partial charge in [-0.2, -0.15) is 0 Å². The van der Waals surface area contributed by atoms with Crippen molar-refractivity contribution in [3.05, 3.63) is 163 Å². The Kier molecular flexibility index (Phi) is 8.27. The summed E-state index contributed by atoms with van der Waals surface area (Å²) in [6.07, 6.45) is 0. The summed E-state index contributed by atoms with van der Waals surface area (Å²) in [4.78, 5) is 5.54. The molecule has 55 heavy (non-hydrogen) atoms. The summed E-state index contributed by atoms with van der Waals surface area (Å²) in [6.45, 7) is 19.4. The second-order valence-electron chi connectivity index (χ2n) is 18.1. The van der Waals surface area contributed by atoms with Gasteiger partial charge in [0.2, 0.25) is 0 Å². The highest BCUT2D eigenvalue weighted by molar-refractivity contribution is 6.91. The van der Waals surface area contributed by atoms with Crippen LogP contribution < -0.4 is 10.4 Å². The number of hydrogen-bond donors (Lipinski definition) is 0. The molecule has 0 bridgehead atoms. The average molecular weight is 744 g/mol. The predicted molar refractivity (Wildman–Crippen MR) is 245 cm³/mol. The van der Waals surface area contributed by atoms with Gasteiger partial charge in [0.25, 0.3) is 0 Å². The van der Waals surface area contributed by atoms with Crippen LogP contribution in [-0.2, 0) is 5.41 Å². The molecule has 0 saturated carbocycles. The minimum absolute atomic E-state index is 0.0497. The lowest BCUT2D eigenvalue weighted by Crippen LogP contribution is -2.38. The van der Waals surface area contributed by atoms with Crippen molar-refractivity contribution in [2.75, 3.05) is 0 Å². The van der Waals surface area contributed by atoms with Crippen LogP contribution >= 0.6 is 0 Å². The summed E-state index contributed by atoms with van der Waals surface area (Å²) in [5.74, 6) is 0. The molecule has 0 saturated heterocycles. The molecule has 1 aliphatic carbocycles. The molecule has 0 fully saturated rings. The van der Waals surface area contributed by atoms with E-state index in [2.05, 4.69) is 205 Å². The molecule has 1 aliphatic rings. The Hall–Kier alpha value is -5.36.